The lowest BCUT2D eigenvalue weighted by Crippen LogP contribution is -2.13. The molecular weight excluding hydrogens is 264 g/mol. The summed E-state index contributed by atoms with van der Waals surface area (Å²) < 4.78 is 0. The molecule has 19 heavy (non-hydrogen) atoms. The van der Waals surface area contributed by atoms with Crippen LogP contribution in [0.25, 0.3) is 0 Å². The standard InChI is InChI=1S/C14H15ClN2O2/c15-9-2-1-3-10(14(9)17(18)19)16-13-11-7-4-5-8(6-7)12(11)13/h1-3,7-8,11-13,16H,4-6H2. The highest BCUT2D eigenvalue weighted by Gasteiger charge is 2.65. The highest BCUT2D eigenvalue weighted by Crippen LogP contribution is 2.66. The van der Waals surface area contributed by atoms with E-state index < -0.39 is 4.92 Å². The molecule has 3 fully saturated rings. The molecule has 0 aromatic heterocycles. The maximum Gasteiger partial charge on any atom is 0.310 e. The van der Waals surface area contributed by atoms with Crippen molar-refractivity contribution in [2.75, 3.05) is 5.32 Å². The smallest absolute Gasteiger partial charge is 0.310 e. The predicted molar refractivity (Wildman–Crippen MR) is 73.3 cm³/mol. The van der Waals surface area contributed by atoms with Gasteiger partial charge in [-0.1, -0.05) is 17.7 Å². The van der Waals surface area contributed by atoms with E-state index in [0.717, 1.165) is 23.7 Å². The molecule has 3 saturated carbocycles. The summed E-state index contributed by atoms with van der Waals surface area (Å²) in [6, 6.07) is 5.54. The zero-order valence-electron chi connectivity index (χ0n) is 10.4. The van der Waals surface area contributed by atoms with E-state index >= 15 is 0 Å². The number of para-hydroxylation sites is 1. The Balaban J connectivity index is 1.59. The van der Waals surface area contributed by atoms with Crippen molar-refractivity contribution in [2.45, 2.75) is 25.3 Å². The van der Waals surface area contributed by atoms with Gasteiger partial charge in [-0.3, -0.25) is 10.1 Å². The first-order valence-electron chi connectivity index (χ1n) is 6.86. The molecule has 0 spiro atoms. The van der Waals surface area contributed by atoms with Crippen molar-refractivity contribution in [3.05, 3.63) is 33.3 Å². The molecule has 4 atom stereocenters. The number of nitro benzene ring substituents is 1. The average Bonchev–Trinajstić information content (AvgIpc) is 2.78. The lowest BCUT2D eigenvalue weighted by molar-refractivity contribution is -0.383. The van der Waals surface area contributed by atoms with E-state index in [0.29, 0.717) is 11.7 Å². The number of hydrogen-bond acceptors (Lipinski definition) is 3. The maximum atomic E-state index is 11.1. The number of nitrogens with zero attached hydrogens (tertiary/aromatic N) is 1. The molecule has 0 amide bonds. The van der Waals surface area contributed by atoms with Crippen LogP contribution in [0.1, 0.15) is 19.3 Å². The van der Waals surface area contributed by atoms with E-state index in [9.17, 15) is 10.1 Å². The quantitative estimate of drug-likeness (QED) is 0.677. The van der Waals surface area contributed by atoms with E-state index in [4.69, 9.17) is 11.6 Å². The molecule has 0 aliphatic heterocycles. The van der Waals surface area contributed by atoms with Gasteiger partial charge in [0.2, 0.25) is 0 Å². The number of rotatable bonds is 3. The van der Waals surface area contributed by atoms with Crippen LogP contribution in [0.3, 0.4) is 0 Å². The van der Waals surface area contributed by atoms with E-state index in [1.54, 1.807) is 18.2 Å². The topological polar surface area (TPSA) is 55.2 Å². The Labute approximate surface area is 116 Å². The number of benzene rings is 1. The van der Waals surface area contributed by atoms with Gasteiger partial charge in [0.15, 0.2) is 0 Å². The van der Waals surface area contributed by atoms with E-state index in [2.05, 4.69) is 5.32 Å². The number of nitro groups is 1. The summed E-state index contributed by atoms with van der Waals surface area (Å²) >= 11 is 5.94. The summed E-state index contributed by atoms with van der Waals surface area (Å²) in [7, 11) is 0. The molecule has 4 rings (SSSR count). The third-order valence-corrected chi connectivity index (χ3v) is 5.53. The van der Waals surface area contributed by atoms with Gasteiger partial charge in [-0.05, 0) is 55.1 Å². The lowest BCUT2D eigenvalue weighted by Gasteiger charge is -2.12. The van der Waals surface area contributed by atoms with Crippen molar-refractivity contribution in [3.63, 3.8) is 0 Å². The van der Waals surface area contributed by atoms with Crippen molar-refractivity contribution < 1.29 is 4.92 Å². The molecule has 2 bridgehead atoms. The van der Waals surface area contributed by atoms with Crippen molar-refractivity contribution in [2.24, 2.45) is 23.7 Å². The maximum absolute atomic E-state index is 11.1. The van der Waals surface area contributed by atoms with Crippen LogP contribution in [0.4, 0.5) is 11.4 Å². The third kappa shape index (κ3) is 1.59. The second-order valence-electron chi connectivity index (χ2n) is 6.05. The first kappa shape index (κ1) is 11.5. The number of halogens is 1. The zero-order valence-corrected chi connectivity index (χ0v) is 11.1. The Kier molecular flexibility index (Phi) is 2.34. The molecule has 5 heteroatoms. The van der Waals surface area contributed by atoms with Gasteiger partial charge in [-0.25, -0.2) is 0 Å². The molecular formula is C14H15ClN2O2. The Morgan fingerprint density at radius 1 is 1.26 bits per heavy atom. The molecule has 0 radical (unpaired) electrons. The van der Waals surface area contributed by atoms with Crippen LogP contribution in [0, 0.1) is 33.8 Å². The number of anilines is 1. The lowest BCUT2D eigenvalue weighted by atomic mass is 10.0. The van der Waals surface area contributed by atoms with Crippen LogP contribution in [-0.2, 0) is 0 Å². The fourth-order valence-electron chi connectivity index (χ4n) is 4.52. The van der Waals surface area contributed by atoms with Gasteiger partial charge in [-0.2, -0.15) is 0 Å². The Hall–Kier alpha value is -1.29. The fraction of sp³-hybridized carbons (Fsp3) is 0.571. The van der Waals surface area contributed by atoms with Gasteiger partial charge in [0.1, 0.15) is 10.7 Å². The number of nitrogens with one attached hydrogen (secondary N) is 1. The summed E-state index contributed by atoms with van der Waals surface area (Å²) in [4.78, 5) is 10.7. The van der Waals surface area contributed by atoms with Crippen molar-refractivity contribution >= 4 is 23.0 Å². The number of fused-ring (bicyclic) bond motifs is 5. The Morgan fingerprint density at radius 2 is 1.95 bits per heavy atom. The SMILES string of the molecule is O=[N+]([O-])c1c(Cl)cccc1NC1C2C3CCC(C3)C12. The van der Waals surface area contributed by atoms with E-state index in [1.807, 2.05) is 0 Å². The van der Waals surface area contributed by atoms with Crippen molar-refractivity contribution in [1.82, 2.24) is 0 Å². The van der Waals surface area contributed by atoms with Gasteiger partial charge in [0.05, 0.1) is 4.92 Å². The molecule has 1 aromatic carbocycles. The molecule has 100 valence electrons. The molecule has 4 nitrogen and oxygen atoms in total. The van der Waals surface area contributed by atoms with E-state index in [-0.39, 0.29) is 10.7 Å². The van der Waals surface area contributed by atoms with Gasteiger partial charge in [-0.15, -0.1) is 0 Å². The van der Waals surface area contributed by atoms with Crippen molar-refractivity contribution in [1.29, 1.82) is 0 Å². The summed E-state index contributed by atoms with van der Waals surface area (Å²) in [6.07, 6.45) is 4.08. The highest BCUT2D eigenvalue weighted by molar-refractivity contribution is 6.33. The highest BCUT2D eigenvalue weighted by atomic mass is 35.5. The monoisotopic (exact) mass is 278 g/mol. The van der Waals surface area contributed by atoms with Crippen LogP contribution in [0.2, 0.25) is 5.02 Å². The molecule has 1 N–H and O–H groups in total. The summed E-state index contributed by atoms with van der Waals surface area (Å²) in [5, 5.41) is 14.7. The minimum atomic E-state index is -0.391. The van der Waals surface area contributed by atoms with E-state index in [1.165, 1.54) is 19.3 Å². The summed E-state index contributed by atoms with van der Waals surface area (Å²) in [5.41, 5.74) is 0.595. The first-order chi connectivity index (χ1) is 9.16. The van der Waals surface area contributed by atoms with Gasteiger partial charge in [0.25, 0.3) is 0 Å². The van der Waals surface area contributed by atoms with Gasteiger partial charge < -0.3 is 5.32 Å². The normalized spacial score (nSPS) is 38.1. The Bertz CT molecular complexity index is 546. The average molecular weight is 279 g/mol. The molecule has 3 aliphatic rings. The van der Waals surface area contributed by atoms with Crippen LogP contribution in [0.15, 0.2) is 18.2 Å². The predicted octanol–water partition coefficient (Wildman–Crippen LogP) is 3.70. The van der Waals surface area contributed by atoms with Crippen LogP contribution in [0.5, 0.6) is 0 Å². The largest absolute Gasteiger partial charge is 0.376 e. The van der Waals surface area contributed by atoms with Crippen molar-refractivity contribution in [3.8, 4) is 0 Å². The second kappa shape index (κ2) is 3.85. The molecule has 1 aromatic rings. The van der Waals surface area contributed by atoms with Crippen LogP contribution < -0.4 is 5.32 Å². The van der Waals surface area contributed by atoms with Crippen LogP contribution in [-0.4, -0.2) is 11.0 Å². The summed E-state index contributed by atoms with van der Waals surface area (Å²) in [5.74, 6) is 3.20. The Morgan fingerprint density at radius 3 is 2.58 bits per heavy atom. The minimum absolute atomic E-state index is 0.0153. The molecule has 4 unspecified atom stereocenters. The van der Waals surface area contributed by atoms with Crippen LogP contribution >= 0.6 is 11.6 Å². The fourth-order valence-corrected chi connectivity index (χ4v) is 4.76. The zero-order chi connectivity index (χ0) is 13.1. The summed E-state index contributed by atoms with van der Waals surface area (Å²) in [6.45, 7) is 0. The van der Waals surface area contributed by atoms with Gasteiger partial charge in [0, 0.05) is 6.04 Å². The minimum Gasteiger partial charge on any atom is -0.376 e. The second-order valence-corrected chi connectivity index (χ2v) is 6.46. The molecule has 0 saturated heterocycles. The molecule has 3 aliphatic carbocycles. The molecule has 0 heterocycles. The number of hydrogen-bond donors (Lipinski definition) is 1. The third-order valence-electron chi connectivity index (χ3n) is 5.23. The first-order valence-corrected chi connectivity index (χ1v) is 7.24. The van der Waals surface area contributed by atoms with Gasteiger partial charge >= 0.3 is 5.69 Å².